The molecule has 1 rings (SSSR count). The van der Waals surface area contributed by atoms with E-state index in [9.17, 15) is 4.39 Å². The summed E-state index contributed by atoms with van der Waals surface area (Å²) in [5.74, 6) is -0.180. The van der Waals surface area contributed by atoms with Crippen molar-refractivity contribution in [2.45, 2.75) is 13.0 Å². The standard InChI is InChI=1S/C11H16BrFN2/c1-8(15(2)6-5-14)10-4-3-9(12)7-11(10)13/h3-4,7-8H,5-6,14H2,1-2H3. The van der Waals surface area contributed by atoms with Crippen LogP contribution in [0.15, 0.2) is 22.7 Å². The average Bonchev–Trinajstić information content (AvgIpc) is 2.17. The molecule has 0 aliphatic rings. The maximum Gasteiger partial charge on any atom is 0.129 e. The van der Waals surface area contributed by atoms with Crippen LogP contribution < -0.4 is 5.73 Å². The van der Waals surface area contributed by atoms with Gasteiger partial charge in [0.2, 0.25) is 0 Å². The fourth-order valence-corrected chi connectivity index (χ4v) is 1.81. The Labute approximate surface area is 98.4 Å². The average molecular weight is 275 g/mol. The monoisotopic (exact) mass is 274 g/mol. The zero-order chi connectivity index (χ0) is 11.4. The van der Waals surface area contributed by atoms with Gasteiger partial charge in [0.15, 0.2) is 0 Å². The van der Waals surface area contributed by atoms with Crippen molar-refractivity contribution in [1.82, 2.24) is 4.90 Å². The Balaban J connectivity index is 2.86. The van der Waals surface area contributed by atoms with E-state index in [0.29, 0.717) is 12.1 Å². The van der Waals surface area contributed by atoms with Crippen molar-refractivity contribution in [1.29, 1.82) is 0 Å². The maximum absolute atomic E-state index is 13.6. The SMILES string of the molecule is CC(c1ccc(Br)cc1F)N(C)CCN. The summed E-state index contributed by atoms with van der Waals surface area (Å²) in [5, 5.41) is 0. The molecule has 1 aromatic carbocycles. The lowest BCUT2D eigenvalue weighted by atomic mass is 10.1. The fraction of sp³-hybridized carbons (Fsp3) is 0.455. The highest BCUT2D eigenvalue weighted by Gasteiger charge is 2.14. The van der Waals surface area contributed by atoms with E-state index < -0.39 is 0 Å². The Morgan fingerprint density at radius 1 is 1.53 bits per heavy atom. The Kier molecular flexibility index (Phi) is 4.70. The molecule has 0 heterocycles. The van der Waals surface area contributed by atoms with Crippen LogP contribution >= 0.6 is 15.9 Å². The normalized spacial score (nSPS) is 13.2. The van der Waals surface area contributed by atoms with Gasteiger partial charge in [-0.3, -0.25) is 4.90 Å². The van der Waals surface area contributed by atoms with E-state index in [2.05, 4.69) is 15.9 Å². The van der Waals surface area contributed by atoms with Crippen molar-refractivity contribution in [2.75, 3.05) is 20.1 Å². The van der Waals surface area contributed by atoms with Gasteiger partial charge in [-0.05, 0) is 26.1 Å². The summed E-state index contributed by atoms with van der Waals surface area (Å²) in [6.45, 7) is 3.32. The van der Waals surface area contributed by atoms with E-state index in [1.165, 1.54) is 6.07 Å². The minimum absolute atomic E-state index is 0.0432. The van der Waals surface area contributed by atoms with Crippen LogP contribution in [0.4, 0.5) is 4.39 Å². The Morgan fingerprint density at radius 3 is 2.73 bits per heavy atom. The summed E-state index contributed by atoms with van der Waals surface area (Å²) in [6, 6.07) is 5.19. The molecule has 0 saturated heterocycles. The summed E-state index contributed by atoms with van der Waals surface area (Å²) in [4.78, 5) is 2.03. The van der Waals surface area contributed by atoms with Crippen molar-refractivity contribution in [2.24, 2.45) is 5.73 Å². The lowest BCUT2D eigenvalue weighted by Crippen LogP contribution is -2.28. The van der Waals surface area contributed by atoms with Crippen LogP contribution in [0.1, 0.15) is 18.5 Å². The van der Waals surface area contributed by atoms with Crippen LogP contribution in [0.5, 0.6) is 0 Å². The predicted molar refractivity (Wildman–Crippen MR) is 64.2 cm³/mol. The number of nitrogens with zero attached hydrogens (tertiary/aromatic N) is 1. The first-order chi connectivity index (χ1) is 7.06. The van der Waals surface area contributed by atoms with Crippen LogP contribution in [-0.4, -0.2) is 25.0 Å². The molecule has 1 aromatic rings. The van der Waals surface area contributed by atoms with Gasteiger partial charge in [-0.1, -0.05) is 22.0 Å². The molecule has 0 fully saturated rings. The molecule has 0 aliphatic heterocycles. The molecule has 84 valence electrons. The van der Waals surface area contributed by atoms with Crippen molar-refractivity contribution < 1.29 is 4.39 Å². The van der Waals surface area contributed by atoms with E-state index in [4.69, 9.17) is 5.73 Å². The molecule has 2 N–H and O–H groups in total. The van der Waals surface area contributed by atoms with Gasteiger partial charge in [-0.25, -0.2) is 4.39 Å². The Morgan fingerprint density at radius 2 is 2.20 bits per heavy atom. The number of nitrogens with two attached hydrogens (primary N) is 1. The molecular formula is C11H16BrFN2. The Hall–Kier alpha value is -0.450. The second-order valence-electron chi connectivity index (χ2n) is 3.61. The van der Waals surface area contributed by atoms with Crippen molar-refractivity contribution in [3.63, 3.8) is 0 Å². The van der Waals surface area contributed by atoms with Gasteiger partial charge < -0.3 is 5.73 Å². The number of benzene rings is 1. The van der Waals surface area contributed by atoms with E-state index >= 15 is 0 Å². The summed E-state index contributed by atoms with van der Waals surface area (Å²) in [7, 11) is 1.94. The first kappa shape index (κ1) is 12.6. The van der Waals surface area contributed by atoms with Crippen molar-refractivity contribution in [3.05, 3.63) is 34.1 Å². The zero-order valence-corrected chi connectivity index (χ0v) is 10.6. The third-order valence-corrected chi connectivity index (χ3v) is 3.05. The molecule has 15 heavy (non-hydrogen) atoms. The van der Waals surface area contributed by atoms with Crippen LogP contribution in [0.2, 0.25) is 0 Å². The number of halogens is 2. The second kappa shape index (κ2) is 5.58. The third kappa shape index (κ3) is 3.26. The molecule has 0 amide bonds. The highest BCUT2D eigenvalue weighted by atomic mass is 79.9. The van der Waals surface area contributed by atoms with E-state index in [-0.39, 0.29) is 11.9 Å². The largest absolute Gasteiger partial charge is 0.329 e. The topological polar surface area (TPSA) is 29.3 Å². The molecule has 1 unspecified atom stereocenters. The number of hydrogen-bond acceptors (Lipinski definition) is 2. The summed E-state index contributed by atoms with van der Waals surface area (Å²) >= 11 is 3.24. The van der Waals surface area contributed by atoms with Crippen molar-refractivity contribution >= 4 is 15.9 Å². The third-order valence-electron chi connectivity index (χ3n) is 2.56. The van der Waals surface area contributed by atoms with Crippen LogP contribution in [0.3, 0.4) is 0 Å². The van der Waals surface area contributed by atoms with Gasteiger partial charge in [0.1, 0.15) is 5.82 Å². The van der Waals surface area contributed by atoms with E-state index in [1.807, 2.05) is 24.9 Å². The summed E-state index contributed by atoms with van der Waals surface area (Å²) in [6.07, 6.45) is 0. The fourth-order valence-electron chi connectivity index (χ4n) is 1.48. The highest BCUT2D eigenvalue weighted by molar-refractivity contribution is 9.10. The van der Waals surface area contributed by atoms with Crippen molar-refractivity contribution in [3.8, 4) is 0 Å². The predicted octanol–water partition coefficient (Wildman–Crippen LogP) is 2.54. The van der Waals surface area contributed by atoms with Gasteiger partial charge >= 0.3 is 0 Å². The quantitative estimate of drug-likeness (QED) is 0.915. The van der Waals surface area contributed by atoms with Crippen LogP contribution in [0, 0.1) is 5.82 Å². The summed E-state index contributed by atoms with van der Waals surface area (Å²) in [5.41, 5.74) is 6.17. The van der Waals surface area contributed by atoms with Gasteiger partial charge in [0.25, 0.3) is 0 Å². The molecule has 2 nitrogen and oxygen atoms in total. The van der Waals surface area contributed by atoms with Gasteiger partial charge in [0.05, 0.1) is 0 Å². The molecule has 0 spiro atoms. The molecule has 1 atom stereocenters. The molecule has 0 saturated carbocycles. The minimum atomic E-state index is -0.180. The zero-order valence-electron chi connectivity index (χ0n) is 9.00. The number of rotatable bonds is 4. The first-order valence-corrected chi connectivity index (χ1v) is 5.70. The molecule has 4 heteroatoms. The van der Waals surface area contributed by atoms with E-state index in [0.717, 1.165) is 11.0 Å². The minimum Gasteiger partial charge on any atom is -0.329 e. The smallest absolute Gasteiger partial charge is 0.129 e. The molecule has 0 aliphatic carbocycles. The van der Waals surface area contributed by atoms with Gasteiger partial charge in [-0.15, -0.1) is 0 Å². The first-order valence-electron chi connectivity index (χ1n) is 4.91. The molecule has 0 radical (unpaired) electrons. The number of hydrogen-bond donors (Lipinski definition) is 1. The van der Waals surface area contributed by atoms with Gasteiger partial charge in [0, 0.05) is 29.2 Å². The van der Waals surface area contributed by atoms with Crippen LogP contribution in [-0.2, 0) is 0 Å². The molecule has 0 aromatic heterocycles. The van der Waals surface area contributed by atoms with Gasteiger partial charge in [-0.2, -0.15) is 0 Å². The Bertz CT molecular complexity index is 330. The molecule has 0 bridgehead atoms. The lowest BCUT2D eigenvalue weighted by Gasteiger charge is -2.24. The summed E-state index contributed by atoms with van der Waals surface area (Å²) < 4.78 is 14.4. The second-order valence-corrected chi connectivity index (χ2v) is 4.53. The highest BCUT2D eigenvalue weighted by Crippen LogP contribution is 2.24. The van der Waals surface area contributed by atoms with E-state index in [1.54, 1.807) is 6.07 Å². The lowest BCUT2D eigenvalue weighted by molar-refractivity contribution is 0.263. The molecular weight excluding hydrogens is 259 g/mol. The number of likely N-dealkylation sites (N-methyl/N-ethyl adjacent to an activating group) is 1. The maximum atomic E-state index is 13.6. The van der Waals surface area contributed by atoms with Crippen LogP contribution in [0.25, 0.3) is 0 Å².